The summed E-state index contributed by atoms with van der Waals surface area (Å²) < 4.78 is 29.2. The Balaban J connectivity index is 2.05. The van der Waals surface area contributed by atoms with Crippen LogP contribution in [-0.4, -0.2) is 15.5 Å². The number of anilines is 1. The second kappa shape index (κ2) is 8.25. The molecule has 0 heterocycles. The lowest BCUT2D eigenvalue weighted by atomic mass is 9.68. The molecule has 0 saturated heterocycles. The van der Waals surface area contributed by atoms with E-state index in [0.717, 1.165) is 24.0 Å². The average molecular weight is 414 g/mol. The van der Waals surface area contributed by atoms with Gasteiger partial charge >= 0.3 is 0 Å². The average Bonchev–Trinajstić information content (AvgIpc) is 3.52. The minimum absolute atomic E-state index is 0.121. The Morgan fingerprint density at radius 2 is 1.90 bits per heavy atom. The highest BCUT2D eigenvalue weighted by molar-refractivity contribution is 7.84. The Morgan fingerprint density at radius 3 is 2.48 bits per heavy atom. The number of nitrogens with two attached hydrogens (primary N) is 1. The van der Waals surface area contributed by atoms with Gasteiger partial charge in [0.2, 0.25) is 0 Å². The Morgan fingerprint density at radius 1 is 1.21 bits per heavy atom. The third-order valence-corrected chi connectivity index (χ3v) is 7.18. The van der Waals surface area contributed by atoms with Gasteiger partial charge in [-0.2, -0.15) is 5.26 Å². The van der Waals surface area contributed by atoms with Crippen molar-refractivity contribution >= 4 is 16.7 Å². The van der Waals surface area contributed by atoms with Gasteiger partial charge in [-0.1, -0.05) is 18.2 Å². The maximum absolute atomic E-state index is 13.9. The van der Waals surface area contributed by atoms with Crippen molar-refractivity contribution in [2.24, 2.45) is 5.92 Å². The molecule has 4 nitrogen and oxygen atoms in total. The molecule has 2 unspecified atom stereocenters. The minimum Gasteiger partial charge on any atom is -0.396 e. The predicted molar refractivity (Wildman–Crippen MR) is 116 cm³/mol. The Kier molecular flexibility index (Phi) is 6.11. The van der Waals surface area contributed by atoms with Crippen molar-refractivity contribution in [2.45, 2.75) is 50.2 Å². The van der Waals surface area contributed by atoms with E-state index >= 15 is 0 Å². The van der Waals surface area contributed by atoms with Crippen molar-refractivity contribution in [1.82, 2.24) is 4.72 Å². The Labute approximate surface area is 174 Å². The Bertz CT molecular complexity index is 959. The topological polar surface area (TPSA) is 78.9 Å². The van der Waals surface area contributed by atoms with Gasteiger partial charge in [0.05, 0.1) is 33.1 Å². The first-order valence-electron chi connectivity index (χ1n) is 9.90. The van der Waals surface area contributed by atoms with Crippen molar-refractivity contribution in [3.63, 3.8) is 0 Å². The molecule has 1 fully saturated rings. The molecule has 3 rings (SSSR count). The molecule has 6 heteroatoms. The van der Waals surface area contributed by atoms with E-state index in [1.807, 2.05) is 39.0 Å². The summed E-state index contributed by atoms with van der Waals surface area (Å²) in [7, 11) is -1.18. The van der Waals surface area contributed by atoms with E-state index in [1.54, 1.807) is 18.2 Å². The number of nitrogens with one attached hydrogen (secondary N) is 1. The third kappa shape index (κ3) is 4.52. The summed E-state index contributed by atoms with van der Waals surface area (Å²) in [6, 6.07) is 14.8. The molecule has 2 aromatic rings. The molecule has 1 saturated carbocycles. The van der Waals surface area contributed by atoms with E-state index in [0.29, 0.717) is 24.4 Å². The van der Waals surface area contributed by atoms with Crippen LogP contribution >= 0.6 is 0 Å². The number of nitrogens with zero attached hydrogens (tertiary/aromatic N) is 1. The highest BCUT2D eigenvalue weighted by Crippen LogP contribution is 2.53. The summed E-state index contributed by atoms with van der Waals surface area (Å²) in [5.74, 6) is -0.0673. The van der Waals surface area contributed by atoms with Crippen LogP contribution in [0.4, 0.5) is 10.1 Å². The molecule has 0 spiro atoms. The van der Waals surface area contributed by atoms with E-state index in [9.17, 15) is 13.9 Å². The summed E-state index contributed by atoms with van der Waals surface area (Å²) in [5.41, 5.74) is 8.18. The van der Waals surface area contributed by atoms with Crippen LogP contribution in [0.1, 0.15) is 56.7 Å². The number of nitrogen functional groups attached to an aromatic ring is 1. The van der Waals surface area contributed by atoms with Gasteiger partial charge in [-0.05, 0) is 81.3 Å². The van der Waals surface area contributed by atoms with Crippen LogP contribution in [0.2, 0.25) is 0 Å². The standard InChI is InChI=1S/C23H28FN3OS/c1-22(2,3)29(28)27-12-11-23(17-7-8-17,18-6-4-5-16(13-18)15-25)19-9-10-20(24)21(26)14-19/h4-6,9-10,13-14,17,27H,7-8,11-12,26H2,1-3H3. The Hall–Kier alpha value is -2.23. The quantitative estimate of drug-likeness (QED) is 0.660. The first-order valence-corrected chi connectivity index (χ1v) is 11.0. The maximum atomic E-state index is 13.9. The summed E-state index contributed by atoms with van der Waals surface area (Å²) >= 11 is 0. The van der Waals surface area contributed by atoms with Gasteiger partial charge < -0.3 is 5.73 Å². The van der Waals surface area contributed by atoms with E-state index in [-0.39, 0.29) is 10.4 Å². The van der Waals surface area contributed by atoms with E-state index in [1.165, 1.54) is 6.07 Å². The molecular weight excluding hydrogens is 385 g/mol. The molecule has 0 radical (unpaired) electrons. The van der Waals surface area contributed by atoms with Gasteiger partial charge in [0, 0.05) is 12.0 Å². The van der Waals surface area contributed by atoms with Crippen molar-refractivity contribution < 1.29 is 8.60 Å². The fraction of sp³-hybridized carbons (Fsp3) is 0.435. The summed E-state index contributed by atoms with van der Waals surface area (Å²) in [6.07, 6.45) is 2.78. The van der Waals surface area contributed by atoms with Crippen LogP contribution in [0.15, 0.2) is 42.5 Å². The number of nitriles is 1. The maximum Gasteiger partial charge on any atom is 0.146 e. The second-order valence-corrected chi connectivity index (χ2v) is 10.8. The number of hydrogen-bond acceptors (Lipinski definition) is 3. The van der Waals surface area contributed by atoms with Crippen molar-refractivity contribution in [3.8, 4) is 6.07 Å². The number of hydrogen-bond donors (Lipinski definition) is 2. The largest absolute Gasteiger partial charge is 0.396 e. The molecule has 2 atom stereocenters. The monoisotopic (exact) mass is 413 g/mol. The summed E-state index contributed by atoms with van der Waals surface area (Å²) in [4.78, 5) is 0. The van der Waals surface area contributed by atoms with Crippen LogP contribution in [-0.2, 0) is 16.4 Å². The predicted octanol–water partition coefficient (Wildman–Crippen LogP) is 4.42. The van der Waals surface area contributed by atoms with Gasteiger partial charge in [-0.3, -0.25) is 0 Å². The number of rotatable bonds is 7. The van der Waals surface area contributed by atoms with E-state index in [4.69, 9.17) is 5.73 Å². The molecule has 0 aliphatic heterocycles. The first-order chi connectivity index (χ1) is 13.7. The molecule has 1 aliphatic rings. The molecule has 2 aromatic carbocycles. The zero-order valence-corrected chi connectivity index (χ0v) is 18.0. The molecule has 1 aliphatic carbocycles. The molecule has 154 valence electrons. The number of benzene rings is 2. The van der Waals surface area contributed by atoms with Gasteiger partial charge in [-0.15, -0.1) is 0 Å². The van der Waals surface area contributed by atoms with Crippen LogP contribution in [0, 0.1) is 23.1 Å². The van der Waals surface area contributed by atoms with Crippen LogP contribution in [0.25, 0.3) is 0 Å². The molecule has 0 bridgehead atoms. The highest BCUT2D eigenvalue weighted by Gasteiger charge is 2.47. The van der Waals surface area contributed by atoms with Gasteiger partial charge in [0.25, 0.3) is 0 Å². The normalized spacial score (nSPS) is 17.3. The fourth-order valence-electron chi connectivity index (χ4n) is 3.95. The zero-order chi connectivity index (χ0) is 21.2. The van der Waals surface area contributed by atoms with Crippen LogP contribution < -0.4 is 10.5 Å². The lowest BCUT2D eigenvalue weighted by Crippen LogP contribution is -2.38. The third-order valence-electron chi connectivity index (χ3n) is 5.60. The second-order valence-electron chi connectivity index (χ2n) is 8.70. The summed E-state index contributed by atoms with van der Waals surface area (Å²) in [6.45, 7) is 6.33. The SMILES string of the molecule is CC(C)(C)S(=O)NCCC(c1cccc(C#N)c1)(c1ccc(F)c(N)c1)C1CC1. The van der Waals surface area contributed by atoms with Crippen molar-refractivity contribution in [3.05, 3.63) is 65.0 Å². The smallest absolute Gasteiger partial charge is 0.146 e. The molecule has 0 amide bonds. The van der Waals surface area contributed by atoms with E-state index < -0.39 is 22.2 Å². The van der Waals surface area contributed by atoms with Crippen LogP contribution in [0.5, 0.6) is 0 Å². The number of halogens is 1. The fourth-order valence-corrected chi connectivity index (χ4v) is 4.67. The molecular formula is C23H28FN3OS. The lowest BCUT2D eigenvalue weighted by molar-refractivity contribution is 0.412. The van der Waals surface area contributed by atoms with Gasteiger partial charge in [0.1, 0.15) is 5.82 Å². The lowest BCUT2D eigenvalue weighted by Gasteiger charge is -2.36. The zero-order valence-electron chi connectivity index (χ0n) is 17.2. The summed E-state index contributed by atoms with van der Waals surface area (Å²) in [5, 5.41) is 9.40. The first kappa shape index (κ1) is 21.5. The van der Waals surface area contributed by atoms with E-state index in [2.05, 4.69) is 10.8 Å². The molecule has 29 heavy (non-hydrogen) atoms. The minimum atomic E-state index is -1.18. The molecule has 3 N–H and O–H groups in total. The molecule has 0 aromatic heterocycles. The highest BCUT2D eigenvalue weighted by atomic mass is 32.2. The van der Waals surface area contributed by atoms with Gasteiger partial charge in [-0.25, -0.2) is 13.3 Å². The van der Waals surface area contributed by atoms with Crippen LogP contribution in [0.3, 0.4) is 0 Å². The van der Waals surface area contributed by atoms with Crippen molar-refractivity contribution in [1.29, 1.82) is 5.26 Å². The van der Waals surface area contributed by atoms with Crippen molar-refractivity contribution in [2.75, 3.05) is 12.3 Å². The van der Waals surface area contributed by atoms with Gasteiger partial charge in [0.15, 0.2) is 0 Å².